The van der Waals surface area contributed by atoms with Gasteiger partial charge >= 0.3 is 0 Å². The summed E-state index contributed by atoms with van der Waals surface area (Å²) in [7, 11) is 0. The summed E-state index contributed by atoms with van der Waals surface area (Å²) in [5, 5.41) is 14.7. The third kappa shape index (κ3) is 2.79. The highest BCUT2D eigenvalue weighted by atomic mass is 16.3. The van der Waals surface area contributed by atoms with Crippen LogP contribution in [0.15, 0.2) is 0 Å². The molecule has 1 aliphatic carbocycles. The molecule has 0 aromatic rings. The van der Waals surface area contributed by atoms with Gasteiger partial charge in [0, 0.05) is 6.04 Å². The van der Waals surface area contributed by atoms with Gasteiger partial charge in [-0.1, -0.05) is 6.92 Å². The van der Waals surface area contributed by atoms with Crippen molar-refractivity contribution >= 4 is 5.91 Å². The van der Waals surface area contributed by atoms with Crippen molar-refractivity contribution in [3.63, 3.8) is 0 Å². The SMILES string of the molecule is CCNCC(=O)NC1CC(O)C1. The predicted molar refractivity (Wildman–Crippen MR) is 45.7 cm³/mol. The van der Waals surface area contributed by atoms with Crippen LogP contribution in [0, 0.1) is 0 Å². The van der Waals surface area contributed by atoms with Crippen molar-refractivity contribution in [3.05, 3.63) is 0 Å². The van der Waals surface area contributed by atoms with E-state index in [2.05, 4.69) is 10.6 Å². The molecule has 0 spiro atoms. The Morgan fingerprint density at radius 1 is 1.58 bits per heavy atom. The van der Waals surface area contributed by atoms with Crippen LogP contribution in [0.25, 0.3) is 0 Å². The van der Waals surface area contributed by atoms with Gasteiger partial charge in [0.1, 0.15) is 0 Å². The van der Waals surface area contributed by atoms with Gasteiger partial charge in [0.15, 0.2) is 0 Å². The summed E-state index contributed by atoms with van der Waals surface area (Å²) < 4.78 is 0. The maximum Gasteiger partial charge on any atom is 0.234 e. The molecule has 0 aromatic carbocycles. The lowest BCUT2D eigenvalue weighted by atomic mass is 9.89. The maximum absolute atomic E-state index is 11.1. The van der Waals surface area contributed by atoms with E-state index in [0.717, 1.165) is 6.54 Å². The lowest BCUT2D eigenvalue weighted by Crippen LogP contribution is -2.49. The summed E-state index contributed by atoms with van der Waals surface area (Å²) in [6.45, 7) is 3.14. The summed E-state index contributed by atoms with van der Waals surface area (Å²) in [6, 6.07) is 0.200. The molecule has 0 unspecified atom stereocenters. The number of nitrogens with one attached hydrogen (secondary N) is 2. The van der Waals surface area contributed by atoms with Gasteiger partial charge in [0.25, 0.3) is 0 Å². The average molecular weight is 172 g/mol. The van der Waals surface area contributed by atoms with Crippen LogP contribution >= 0.6 is 0 Å². The minimum Gasteiger partial charge on any atom is -0.393 e. The van der Waals surface area contributed by atoms with Gasteiger partial charge in [-0.2, -0.15) is 0 Å². The van der Waals surface area contributed by atoms with E-state index in [0.29, 0.717) is 19.4 Å². The first-order chi connectivity index (χ1) is 5.72. The lowest BCUT2D eigenvalue weighted by molar-refractivity contribution is -0.122. The highest BCUT2D eigenvalue weighted by Crippen LogP contribution is 2.18. The molecular formula is C8H16N2O2. The third-order valence-corrected chi connectivity index (χ3v) is 2.01. The molecular weight excluding hydrogens is 156 g/mol. The monoisotopic (exact) mass is 172 g/mol. The number of carbonyl (C=O) groups excluding carboxylic acids is 1. The predicted octanol–water partition coefficient (Wildman–Crippen LogP) is -0.765. The zero-order chi connectivity index (χ0) is 8.97. The Kier molecular flexibility index (Phi) is 3.49. The van der Waals surface area contributed by atoms with Crippen molar-refractivity contribution in [2.24, 2.45) is 0 Å². The number of likely N-dealkylation sites (N-methyl/N-ethyl adjacent to an activating group) is 1. The average Bonchev–Trinajstić information content (AvgIpc) is 1.98. The first-order valence-electron chi connectivity index (χ1n) is 4.40. The van der Waals surface area contributed by atoms with E-state index in [9.17, 15) is 4.79 Å². The third-order valence-electron chi connectivity index (χ3n) is 2.01. The van der Waals surface area contributed by atoms with Crippen molar-refractivity contribution in [1.29, 1.82) is 0 Å². The molecule has 0 saturated heterocycles. The number of hydrogen-bond donors (Lipinski definition) is 3. The van der Waals surface area contributed by atoms with Gasteiger partial charge in [-0.05, 0) is 19.4 Å². The zero-order valence-corrected chi connectivity index (χ0v) is 7.34. The molecule has 1 rings (SSSR count). The minimum absolute atomic E-state index is 0.0220. The Morgan fingerprint density at radius 2 is 2.25 bits per heavy atom. The van der Waals surface area contributed by atoms with Crippen LogP contribution in [-0.2, 0) is 4.79 Å². The standard InChI is InChI=1S/C8H16N2O2/c1-2-9-5-8(12)10-6-3-7(11)4-6/h6-7,9,11H,2-5H2,1H3,(H,10,12). The first kappa shape index (κ1) is 9.48. The molecule has 0 heterocycles. The fourth-order valence-electron chi connectivity index (χ4n) is 1.22. The Bertz CT molecular complexity index is 155. The Hall–Kier alpha value is -0.610. The molecule has 12 heavy (non-hydrogen) atoms. The Balaban J connectivity index is 2.03. The van der Waals surface area contributed by atoms with Crippen LogP contribution in [0.1, 0.15) is 19.8 Å². The molecule has 4 heteroatoms. The second kappa shape index (κ2) is 4.42. The number of hydrogen-bond acceptors (Lipinski definition) is 3. The van der Waals surface area contributed by atoms with Crippen LogP contribution < -0.4 is 10.6 Å². The van der Waals surface area contributed by atoms with Gasteiger partial charge in [-0.3, -0.25) is 4.79 Å². The topological polar surface area (TPSA) is 61.4 Å². The molecule has 1 fully saturated rings. The summed E-state index contributed by atoms with van der Waals surface area (Å²) >= 11 is 0. The summed E-state index contributed by atoms with van der Waals surface area (Å²) in [5.41, 5.74) is 0. The molecule has 0 aromatic heterocycles. The number of rotatable bonds is 4. The Morgan fingerprint density at radius 3 is 2.75 bits per heavy atom. The number of carbonyl (C=O) groups is 1. The molecule has 0 atom stereocenters. The van der Waals surface area contributed by atoms with E-state index in [4.69, 9.17) is 5.11 Å². The van der Waals surface area contributed by atoms with Gasteiger partial charge in [0.05, 0.1) is 12.6 Å². The van der Waals surface area contributed by atoms with E-state index >= 15 is 0 Å². The second-order valence-corrected chi connectivity index (χ2v) is 3.17. The zero-order valence-electron chi connectivity index (χ0n) is 7.34. The van der Waals surface area contributed by atoms with Crippen LogP contribution in [0.5, 0.6) is 0 Å². The van der Waals surface area contributed by atoms with Crippen LogP contribution in [0.4, 0.5) is 0 Å². The maximum atomic E-state index is 11.1. The second-order valence-electron chi connectivity index (χ2n) is 3.17. The molecule has 1 aliphatic rings. The highest BCUT2D eigenvalue weighted by Gasteiger charge is 2.27. The van der Waals surface area contributed by atoms with E-state index < -0.39 is 0 Å². The number of amides is 1. The summed E-state index contributed by atoms with van der Waals surface area (Å²) in [5.74, 6) is 0.0220. The van der Waals surface area contributed by atoms with E-state index in [1.54, 1.807) is 0 Å². The van der Waals surface area contributed by atoms with Crippen molar-refractivity contribution in [3.8, 4) is 0 Å². The Labute approximate surface area is 72.3 Å². The molecule has 0 radical (unpaired) electrons. The van der Waals surface area contributed by atoms with Gasteiger partial charge in [-0.15, -0.1) is 0 Å². The molecule has 0 bridgehead atoms. The largest absolute Gasteiger partial charge is 0.393 e. The molecule has 1 amide bonds. The lowest BCUT2D eigenvalue weighted by Gasteiger charge is -2.31. The molecule has 1 saturated carbocycles. The summed E-state index contributed by atoms with van der Waals surface area (Å²) in [4.78, 5) is 11.1. The molecule has 3 N–H and O–H groups in total. The van der Waals surface area contributed by atoms with Crippen LogP contribution in [0.2, 0.25) is 0 Å². The molecule has 0 aliphatic heterocycles. The van der Waals surface area contributed by atoms with E-state index in [1.807, 2.05) is 6.92 Å². The number of aliphatic hydroxyl groups excluding tert-OH is 1. The van der Waals surface area contributed by atoms with Crippen LogP contribution in [-0.4, -0.2) is 36.2 Å². The van der Waals surface area contributed by atoms with Crippen molar-refractivity contribution in [2.75, 3.05) is 13.1 Å². The van der Waals surface area contributed by atoms with Gasteiger partial charge in [-0.25, -0.2) is 0 Å². The van der Waals surface area contributed by atoms with Gasteiger partial charge < -0.3 is 15.7 Å². The molecule has 70 valence electrons. The fraction of sp³-hybridized carbons (Fsp3) is 0.875. The smallest absolute Gasteiger partial charge is 0.234 e. The highest BCUT2D eigenvalue weighted by molar-refractivity contribution is 5.78. The van der Waals surface area contributed by atoms with E-state index in [1.165, 1.54) is 0 Å². The minimum atomic E-state index is -0.200. The molecule has 4 nitrogen and oxygen atoms in total. The van der Waals surface area contributed by atoms with E-state index in [-0.39, 0.29) is 18.1 Å². The summed E-state index contributed by atoms with van der Waals surface area (Å²) in [6.07, 6.45) is 1.21. The van der Waals surface area contributed by atoms with Crippen LogP contribution in [0.3, 0.4) is 0 Å². The van der Waals surface area contributed by atoms with Crippen molar-refractivity contribution in [2.45, 2.75) is 31.9 Å². The quantitative estimate of drug-likeness (QED) is 0.522. The normalized spacial score (nSPS) is 27.8. The van der Waals surface area contributed by atoms with Crippen molar-refractivity contribution < 1.29 is 9.90 Å². The fourth-order valence-corrected chi connectivity index (χ4v) is 1.22. The van der Waals surface area contributed by atoms with Crippen molar-refractivity contribution in [1.82, 2.24) is 10.6 Å². The first-order valence-corrected chi connectivity index (χ1v) is 4.40. The number of aliphatic hydroxyl groups is 1. The van der Waals surface area contributed by atoms with Gasteiger partial charge in [0.2, 0.25) is 5.91 Å².